The second-order valence-corrected chi connectivity index (χ2v) is 4.03. The monoisotopic (exact) mass is 232 g/mol. The zero-order valence-electron chi connectivity index (χ0n) is 10.00. The molecule has 0 amide bonds. The largest absolute Gasteiger partial charge is 0.384 e. The molecule has 0 aliphatic heterocycles. The highest BCUT2D eigenvalue weighted by atomic mass is 16.5. The second kappa shape index (κ2) is 5.12. The smallest absolute Gasteiger partial charge is 0.107 e. The van der Waals surface area contributed by atoms with Gasteiger partial charge in [0.25, 0.3) is 0 Å². The summed E-state index contributed by atoms with van der Waals surface area (Å²) in [6, 6.07) is 7.74. The van der Waals surface area contributed by atoms with Gasteiger partial charge in [0.1, 0.15) is 6.10 Å². The summed E-state index contributed by atoms with van der Waals surface area (Å²) in [5.74, 6) is 0. The van der Waals surface area contributed by atoms with Crippen LogP contribution < -0.4 is 0 Å². The van der Waals surface area contributed by atoms with E-state index >= 15 is 0 Å². The van der Waals surface area contributed by atoms with Crippen LogP contribution in [0.5, 0.6) is 0 Å². The van der Waals surface area contributed by atoms with Crippen LogP contribution in [0.4, 0.5) is 0 Å². The van der Waals surface area contributed by atoms with E-state index in [1.807, 2.05) is 37.5 Å². The van der Waals surface area contributed by atoms with E-state index in [0.717, 1.165) is 16.7 Å². The van der Waals surface area contributed by atoms with E-state index in [1.54, 1.807) is 18.0 Å². The van der Waals surface area contributed by atoms with E-state index < -0.39 is 6.10 Å². The number of methoxy groups -OCH3 is 1. The predicted octanol–water partition coefficient (Wildman–Crippen LogP) is 1.65. The minimum absolute atomic E-state index is 0.549. The van der Waals surface area contributed by atoms with Gasteiger partial charge in [-0.1, -0.05) is 24.3 Å². The lowest BCUT2D eigenvalue weighted by Crippen LogP contribution is -1.99. The number of hydrogen-bond acceptors (Lipinski definition) is 3. The van der Waals surface area contributed by atoms with Crippen LogP contribution in [-0.4, -0.2) is 22.0 Å². The third kappa shape index (κ3) is 2.72. The summed E-state index contributed by atoms with van der Waals surface area (Å²) in [7, 11) is 3.49. The van der Waals surface area contributed by atoms with Crippen LogP contribution in [0.25, 0.3) is 0 Å². The Kier molecular flexibility index (Phi) is 3.56. The number of aliphatic hydroxyl groups excluding tert-OH is 1. The molecule has 0 spiro atoms. The number of nitrogens with zero attached hydrogens (tertiary/aromatic N) is 2. The van der Waals surface area contributed by atoms with Gasteiger partial charge in [0, 0.05) is 25.9 Å². The second-order valence-electron chi connectivity index (χ2n) is 4.03. The average molecular weight is 232 g/mol. The summed E-state index contributed by atoms with van der Waals surface area (Å²) in [6.07, 6.45) is 2.85. The summed E-state index contributed by atoms with van der Waals surface area (Å²) in [5.41, 5.74) is 2.70. The molecular formula is C13H16N2O2. The van der Waals surface area contributed by atoms with Gasteiger partial charge in [-0.15, -0.1) is 0 Å². The van der Waals surface area contributed by atoms with E-state index in [0.29, 0.717) is 6.61 Å². The minimum Gasteiger partial charge on any atom is -0.384 e. The minimum atomic E-state index is -0.638. The first-order valence-corrected chi connectivity index (χ1v) is 5.45. The highest BCUT2D eigenvalue weighted by molar-refractivity contribution is 5.30. The number of aromatic nitrogens is 2. The first kappa shape index (κ1) is 11.8. The molecule has 4 nitrogen and oxygen atoms in total. The third-order valence-corrected chi connectivity index (χ3v) is 2.62. The molecule has 0 saturated carbocycles. The Labute approximate surface area is 100 Å². The van der Waals surface area contributed by atoms with Crippen LogP contribution in [0, 0.1) is 0 Å². The molecule has 0 aliphatic rings. The van der Waals surface area contributed by atoms with Gasteiger partial charge in [-0.2, -0.15) is 5.10 Å². The third-order valence-electron chi connectivity index (χ3n) is 2.62. The zero-order valence-corrected chi connectivity index (χ0v) is 10.00. The van der Waals surface area contributed by atoms with E-state index in [1.165, 1.54) is 0 Å². The van der Waals surface area contributed by atoms with Crippen molar-refractivity contribution in [2.24, 2.45) is 7.05 Å². The molecule has 1 atom stereocenters. The van der Waals surface area contributed by atoms with Crippen molar-refractivity contribution in [3.8, 4) is 0 Å². The SMILES string of the molecule is COCc1cccc(C(O)c2cnn(C)c2)c1. The first-order chi connectivity index (χ1) is 8.20. The Bertz CT molecular complexity index is 494. The van der Waals surface area contributed by atoms with Gasteiger partial charge in [0.05, 0.1) is 12.8 Å². The molecule has 2 aromatic rings. The highest BCUT2D eigenvalue weighted by Gasteiger charge is 2.12. The summed E-state index contributed by atoms with van der Waals surface area (Å²) < 4.78 is 6.75. The predicted molar refractivity (Wildman–Crippen MR) is 64.4 cm³/mol. The van der Waals surface area contributed by atoms with Crippen molar-refractivity contribution in [2.75, 3.05) is 7.11 Å². The quantitative estimate of drug-likeness (QED) is 0.872. The lowest BCUT2D eigenvalue weighted by molar-refractivity contribution is 0.184. The zero-order chi connectivity index (χ0) is 12.3. The molecule has 1 aromatic carbocycles. The number of aliphatic hydroxyl groups is 1. The van der Waals surface area contributed by atoms with Crippen molar-refractivity contribution in [2.45, 2.75) is 12.7 Å². The van der Waals surface area contributed by atoms with Crippen LogP contribution in [-0.2, 0) is 18.4 Å². The maximum Gasteiger partial charge on any atom is 0.107 e. The summed E-state index contributed by atoms with van der Waals surface area (Å²) >= 11 is 0. The van der Waals surface area contributed by atoms with Gasteiger partial charge in [-0.25, -0.2) is 0 Å². The Morgan fingerprint density at radius 1 is 1.41 bits per heavy atom. The summed E-state index contributed by atoms with van der Waals surface area (Å²) in [6.45, 7) is 0.549. The average Bonchev–Trinajstić information content (AvgIpc) is 2.76. The van der Waals surface area contributed by atoms with Gasteiger partial charge in [0.2, 0.25) is 0 Å². The first-order valence-electron chi connectivity index (χ1n) is 5.45. The molecule has 0 saturated heterocycles. The number of aryl methyl sites for hydroxylation is 1. The van der Waals surface area contributed by atoms with Gasteiger partial charge >= 0.3 is 0 Å². The molecule has 0 bridgehead atoms. The van der Waals surface area contributed by atoms with Crippen LogP contribution in [0.2, 0.25) is 0 Å². The maximum atomic E-state index is 10.2. The fourth-order valence-electron chi connectivity index (χ4n) is 1.79. The molecule has 90 valence electrons. The van der Waals surface area contributed by atoms with Crippen LogP contribution in [0.15, 0.2) is 36.7 Å². The number of ether oxygens (including phenoxy) is 1. The molecule has 17 heavy (non-hydrogen) atoms. The molecule has 0 fully saturated rings. The van der Waals surface area contributed by atoms with Crippen molar-refractivity contribution >= 4 is 0 Å². The van der Waals surface area contributed by atoms with Gasteiger partial charge in [-0.05, 0) is 11.1 Å². The van der Waals surface area contributed by atoms with Crippen molar-refractivity contribution in [1.82, 2.24) is 9.78 Å². The van der Waals surface area contributed by atoms with Crippen molar-refractivity contribution in [3.63, 3.8) is 0 Å². The maximum absolute atomic E-state index is 10.2. The Hall–Kier alpha value is -1.65. The summed E-state index contributed by atoms with van der Waals surface area (Å²) in [4.78, 5) is 0. The topological polar surface area (TPSA) is 47.3 Å². The standard InChI is InChI=1S/C13H16N2O2/c1-15-8-12(7-14-15)13(16)11-5-3-4-10(6-11)9-17-2/h3-8,13,16H,9H2,1-2H3. The Balaban J connectivity index is 2.24. The van der Waals surface area contributed by atoms with E-state index in [2.05, 4.69) is 5.10 Å². The molecule has 0 aliphatic carbocycles. The van der Waals surface area contributed by atoms with E-state index in [4.69, 9.17) is 4.74 Å². The molecule has 2 rings (SSSR count). The van der Waals surface area contributed by atoms with Crippen molar-refractivity contribution in [3.05, 3.63) is 53.3 Å². The Morgan fingerprint density at radius 2 is 2.24 bits per heavy atom. The van der Waals surface area contributed by atoms with Crippen LogP contribution >= 0.6 is 0 Å². The molecule has 0 radical (unpaired) electrons. The molecule has 4 heteroatoms. The molecular weight excluding hydrogens is 216 g/mol. The van der Waals surface area contributed by atoms with E-state index in [9.17, 15) is 5.11 Å². The Morgan fingerprint density at radius 3 is 2.88 bits per heavy atom. The molecule has 1 unspecified atom stereocenters. The lowest BCUT2D eigenvalue weighted by Gasteiger charge is -2.10. The fourth-order valence-corrected chi connectivity index (χ4v) is 1.79. The molecule has 1 aromatic heterocycles. The van der Waals surface area contributed by atoms with E-state index in [-0.39, 0.29) is 0 Å². The highest BCUT2D eigenvalue weighted by Crippen LogP contribution is 2.22. The number of benzene rings is 1. The number of hydrogen-bond donors (Lipinski definition) is 1. The van der Waals surface area contributed by atoms with Gasteiger partial charge < -0.3 is 9.84 Å². The normalized spacial score (nSPS) is 12.6. The van der Waals surface area contributed by atoms with Crippen LogP contribution in [0.3, 0.4) is 0 Å². The number of rotatable bonds is 4. The van der Waals surface area contributed by atoms with Crippen molar-refractivity contribution in [1.29, 1.82) is 0 Å². The van der Waals surface area contributed by atoms with Gasteiger partial charge in [-0.3, -0.25) is 4.68 Å². The van der Waals surface area contributed by atoms with Crippen LogP contribution in [0.1, 0.15) is 22.8 Å². The van der Waals surface area contributed by atoms with Gasteiger partial charge in [0.15, 0.2) is 0 Å². The lowest BCUT2D eigenvalue weighted by atomic mass is 10.0. The molecule has 1 N–H and O–H groups in total. The summed E-state index contributed by atoms with van der Waals surface area (Å²) in [5, 5.41) is 14.3. The fraction of sp³-hybridized carbons (Fsp3) is 0.308. The van der Waals surface area contributed by atoms with Crippen molar-refractivity contribution < 1.29 is 9.84 Å². The molecule has 1 heterocycles.